The minimum Gasteiger partial charge on any atom is -0.360 e. The molecular formula is C20H18ClN5OS. The molecule has 2 aromatic carbocycles. The van der Waals surface area contributed by atoms with Crippen LogP contribution in [0.2, 0.25) is 5.02 Å². The van der Waals surface area contributed by atoms with Gasteiger partial charge in [0.15, 0.2) is 0 Å². The van der Waals surface area contributed by atoms with Gasteiger partial charge in [0.1, 0.15) is 0 Å². The summed E-state index contributed by atoms with van der Waals surface area (Å²) in [5, 5.41) is 12.0. The molecule has 0 atom stereocenters. The number of hydrogen-bond acceptors (Lipinski definition) is 5. The zero-order valence-corrected chi connectivity index (χ0v) is 16.7. The van der Waals surface area contributed by atoms with E-state index < -0.39 is 0 Å². The maximum Gasteiger partial charge on any atom is 0.251 e. The first-order valence-corrected chi connectivity index (χ1v) is 9.99. The van der Waals surface area contributed by atoms with Gasteiger partial charge in [-0.2, -0.15) is 0 Å². The zero-order chi connectivity index (χ0) is 19.5. The molecule has 4 aromatic rings. The van der Waals surface area contributed by atoms with Gasteiger partial charge in [-0.1, -0.05) is 47.2 Å². The molecule has 0 unspecified atom stereocenters. The molecule has 4 rings (SSSR count). The van der Waals surface area contributed by atoms with Crippen LogP contribution in [0, 0.1) is 0 Å². The lowest BCUT2D eigenvalue weighted by Crippen LogP contribution is -2.18. The van der Waals surface area contributed by atoms with Crippen LogP contribution in [-0.2, 0) is 6.42 Å². The van der Waals surface area contributed by atoms with Crippen LogP contribution in [0.5, 0.6) is 0 Å². The summed E-state index contributed by atoms with van der Waals surface area (Å²) in [6.07, 6.45) is 2.70. The molecule has 6 nitrogen and oxygen atoms in total. The second-order valence-corrected chi connectivity index (χ2v) is 7.62. The number of imidazole rings is 1. The van der Waals surface area contributed by atoms with Crippen molar-refractivity contribution in [1.82, 2.24) is 19.9 Å². The number of nitrogens with zero attached hydrogens (tertiary/aromatic N) is 3. The monoisotopic (exact) mass is 411 g/mol. The Labute approximate surface area is 171 Å². The number of amides is 1. The summed E-state index contributed by atoms with van der Waals surface area (Å²) in [7, 11) is 1.63. The lowest BCUT2D eigenvalue weighted by Gasteiger charge is -2.05. The normalized spacial score (nSPS) is 10.9. The highest BCUT2D eigenvalue weighted by Crippen LogP contribution is 2.25. The van der Waals surface area contributed by atoms with E-state index in [1.54, 1.807) is 11.6 Å². The number of rotatable bonds is 6. The summed E-state index contributed by atoms with van der Waals surface area (Å²) in [6.45, 7) is 0.720. The van der Waals surface area contributed by atoms with Crippen LogP contribution < -0.4 is 10.6 Å². The van der Waals surface area contributed by atoms with Crippen molar-refractivity contribution in [3.05, 3.63) is 70.9 Å². The molecule has 0 aliphatic heterocycles. The smallest absolute Gasteiger partial charge is 0.251 e. The Balaban J connectivity index is 1.40. The maximum absolute atomic E-state index is 11.7. The molecule has 0 saturated heterocycles. The number of hydrogen-bond donors (Lipinski definition) is 2. The van der Waals surface area contributed by atoms with Gasteiger partial charge in [0.05, 0.1) is 11.9 Å². The quantitative estimate of drug-likeness (QED) is 0.500. The number of carbonyl (C=O) groups excluding carboxylic acids is 1. The van der Waals surface area contributed by atoms with E-state index >= 15 is 0 Å². The molecule has 2 heterocycles. The molecule has 8 heteroatoms. The molecule has 0 bridgehead atoms. The van der Waals surface area contributed by atoms with Gasteiger partial charge in [-0.3, -0.25) is 4.79 Å². The summed E-state index contributed by atoms with van der Waals surface area (Å²) in [5.74, 6) is -0.0764. The maximum atomic E-state index is 11.7. The molecule has 0 aliphatic rings. The van der Waals surface area contributed by atoms with Crippen molar-refractivity contribution in [2.24, 2.45) is 0 Å². The van der Waals surface area contributed by atoms with E-state index in [9.17, 15) is 4.79 Å². The zero-order valence-electron chi connectivity index (χ0n) is 15.1. The van der Waals surface area contributed by atoms with E-state index in [2.05, 4.69) is 20.7 Å². The molecule has 0 saturated carbocycles. The lowest BCUT2D eigenvalue weighted by atomic mass is 10.1. The minimum atomic E-state index is -0.0764. The van der Waals surface area contributed by atoms with Crippen LogP contribution in [0.15, 0.2) is 54.7 Å². The van der Waals surface area contributed by atoms with E-state index in [-0.39, 0.29) is 5.91 Å². The second-order valence-electron chi connectivity index (χ2n) is 6.22. The van der Waals surface area contributed by atoms with Gasteiger partial charge in [0, 0.05) is 29.7 Å². The van der Waals surface area contributed by atoms with Gasteiger partial charge in [-0.05, 0) is 36.2 Å². The summed E-state index contributed by atoms with van der Waals surface area (Å²) < 4.78 is 1.78. The fourth-order valence-corrected chi connectivity index (χ4v) is 3.79. The van der Waals surface area contributed by atoms with Crippen molar-refractivity contribution in [3.63, 3.8) is 0 Å². The third-order valence-electron chi connectivity index (χ3n) is 4.29. The van der Waals surface area contributed by atoms with Crippen LogP contribution >= 0.6 is 22.9 Å². The van der Waals surface area contributed by atoms with Crippen molar-refractivity contribution in [2.75, 3.05) is 18.9 Å². The summed E-state index contributed by atoms with van der Waals surface area (Å²) in [5.41, 5.74) is 3.64. The van der Waals surface area contributed by atoms with E-state index in [0.29, 0.717) is 10.6 Å². The van der Waals surface area contributed by atoms with Crippen molar-refractivity contribution < 1.29 is 4.79 Å². The molecule has 0 radical (unpaired) electrons. The Bertz CT molecular complexity index is 1090. The highest BCUT2D eigenvalue weighted by atomic mass is 35.5. The van der Waals surface area contributed by atoms with Crippen LogP contribution in [0.3, 0.4) is 0 Å². The topological polar surface area (TPSA) is 71.3 Å². The Morgan fingerprint density at radius 2 is 2.04 bits per heavy atom. The Kier molecular flexibility index (Phi) is 5.27. The van der Waals surface area contributed by atoms with Gasteiger partial charge in [-0.15, -0.1) is 5.10 Å². The Morgan fingerprint density at radius 3 is 2.79 bits per heavy atom. The third-order valence-corrected chi connectivity index (χ3v) is 5.42. The number of benzene rings is 2. The molecule has 0 aliphatic carbocycles. The van der Waals surface area contributed by atoms with Crippen molar-refractivity contribution in [2.45, 2.75) is 6.42 Å². The van der Waals surface area contributed by atoms with E-state index in [0.717, 1.165) is 39.9 Å². The summed E-state index contributed by atoms with van der Waals surface area (Å²) >= 11 is 7.44. The minimum absolute atomic E-state index is 0.0764. The summed E-state index contributed by atoms with van der Waals surface area (Å²) in [6, 6.07) is 15.2. The number of carbonyl (C=O) groups is 1. The second kappa shape index (κ2) is 8.00. The molecule has 2 aromatic heterocycles. The number of fused-ring (bicyclic) bond motifs is 1. The molecule has 142 valence electrons. The Hall–Kier alpha value is -2.90. The SMILES string of the molecule is CNC(=O)c1cccc(CCNc2nn3cc(-c4ccc(Cl)cc4)nc3s2)c1. The first kappa shape index (κ1) is 18.5. The fraction of sp³-hybridized carbons (Fsp3) is 0.150. The first-order valence-electron chi connectivity index (χ1n) is 8.79. The molecule has 0 fully saturated rings. The van der Waals surface area contributed by atoms with Gasteiger partial charge in [0.2, 0.25) is 10.1 Å². The van der Waals surface area contributed by atoms with Crippen molar-refractivity contribution >= 4 is 38.9 Å². The average Bonchev–Trinajstić information content (AvgIpc) is 3.27. The molecule has 2 N–H and O–H groups in total. The molecule has 1 amide bonds. The van der Waals surface area contributed by atoms with Gasteiger partial charge in [0.25, 0.3) is 5.91 Å². The van der Waals surface area contributed by atoms with Crippen LogP contribution in [0.1, 0.15) is 15.9 Å². The van der Waals surface area contributed by atoms with Crippen LogP contribution in [0.4, 0.5) is 5.13 Å². The number of anilines is 1. The fourth-order valence-electron chi connectivity index (χ4n) is 2.86. The van der Waals surface area contributed by atoms with E-state index in [1.807, 2.05) is 54.7 Å². The van der Waals surface area contributed by atoms with E-state index in [1.165, 1.54) is 11.3 Å². The number of nitrogens with one attached hydrogen (secondary N) is 2. The van der Waals surface area contributed by atoms with Crippen molar-refractivity contribution in [3.8, 4) is 11.3 Å². The third kappa shape index (κ3) is 4.00. The first-order chi connectivity index (χ1) is 13.6. The van der Waals surface area contributed by atoms with E-state index in [4.69, 9.17) is 11.6 Å². The Morgan fingerprint density at radius 1 is 1.21 bits per heavy atom. The van der Waals surface area contributed by atoms with Crippen LogP contribution in [-0.4, -0.2) is 34.1 Å². The average molecular weight is 412 g/mol. The van der Waals surface area contributed by atoms with Gasteiger partial charge < -0.3 is 10.6 Å². The molecular weight excluding hydrogens is 394 g/mol. The van der Waals surface area contributed by atoms with Gasteiger partial charge >= 0.3 is 0 Å². The highest BCUT2D eigenvalue weighted by molar-refractivity contribution is 7.20. The largest absolute Gasteiger partial charge is 0.360 e. The molecule has 28 heavy (non-hydrogen) atoms. The predicted octanol–water partition coefficient (Wildman–Crippen LogP) is 4.13. The van der Waals surface area contributed by atoms with Gasteiger partial charge in [-0.25, -0.2) is 9.50 Å². The van der Waals surface area contributed by atoms with Crippen LogP contribution in [0.25, 0.3) is 16.2 Å². The standard InChI is InChI=1S/C20H18ClN5OS/c1-22-18(27)15-4-2-3-13(11-15)9-10-23-19-25-26-12-17(24-20(26)28-19)14-5-7-16(21)8-6-14/h2-8,11-12H,9-10H2,1H3,(H,22,27)(H,23,25). The number of halogens is 1. The predicted molar refractivity (Wildman–Crippen MR) is 113 cm³/mol. The van der Waals surface area contributed by atoms with Crippen molar-refractivity contribution in [1.29, 1.82) is 0 Å². The lowest BCUT2D eigenvalue weighted by molar-refractivity contribution is 0.0963. The number of aromatic nitrogens is 3. The highest BCUT2D eigenvalue weighted by Gasteiger charge is 2.10. The molecule has 0 spiro atoms. The summed E-state index contributed by atoms with van der Waals surface area (Å²) in [4.78, 5) is 17.2.